The number of Topliss-reactive ketones (excluding diaryl/α,β-unsaturated/α-hetero) is 1. The number of phenolic OH excluding ortho intramolecular Hbond substituents is 1. The number of aliphatic hydroxyl groups excluding tert-OH is 1. The molecule has 3 aromatic rings. The van der Waals surface area contributed by atoms with E-state index < -0.39 is 35.1 Å². The summed E-state index contributed by atoms with van der Waals surface area (Å²) >= 11 is 5.98. The van der Waals surface area contributed by atoms with Crippen LogP contribution in [0.5, 0.6) is 5.75 Å². The normalized spacial score (nSPS) is 17.9. The fourth-order valence-corrected chi connectivity index (χ4v) is 3.71. The maximum atomic E-state index is 14.6. The van der Waals surface area contributed by atoms with E-state index in [1.165, 1.54) is 36.4 Å². The van der Waals surface area contributed by atoms with Crippen molar-refractivity contribution in [3.8, 4) is 5.75 Å². The Bertz CT molecular complexity index is 1240. The lowest BCUT2D eigenvalue weighted by atomic mass is 9.95. The largest absolute Gasteiger partial charge is 0.508 e. The lowest BCUT2D eigenvalue weighted by Crippen LogP contribution is -2.30. The van der Waals surface area contributed by atoms with Crippen molar-refractivity contribution in [2.45, 2.75) is 6.04 Å². The quantitative estimate of drug-likeness (QED) is 0.342. The van der Waals surface area contributed by atoms with Crippen LogP contribution in [-0.2, 0) is 9.59 Å². The Labute approximate surface area is 180 Å². The molecule has 8 heteroatoms. The first-order chi connectivity index (χ1) is 14.8. The van der Waals surface area contributed by atoms with Crippen molar-refractivity contribution in [1.29, 1.82) is 0 Å². The summed E-state index contributed by atoms with van der Waals surface area (Å²) in [6.45, 7) is 0. The summed E-state index contributed by atoms with van der Waals surface area (Å²) in [5, 5.41) is 20.8. The van der Waals surface area contributed by atoms with Gasteiger partial charge in [0.1, 0.15) is 23.1 Å². The maximum absolute atomic E-state index is 14.6. The van der Waals surface area contributed by atoms with Crippen molar-refractivity contribution in [3.05, 3.63) is 100 Å². The molecule has 0 saturated carbocycles. The molecule has 3 aromatic carbocycles. The number of aromatic hydroxyl groups is 1. The van der Waals surface area contributed by atoms with E-state index in [-0.39, 0.29) is 22.6 Å². The van der Waals surface area contributed by atoms with Gasteiger partial charge in [0.25, 0.3) is 11.7 Å². The first-order valence-corrected chi connectivity index (χ1v) is 9.46. The number of aliphatic hydroxyl groups is 1. The lowest BCUT2D eigenvalue weighted by molar-refractivity contribution is -0.132. The Balaban J connectivity index is 1.97. The number of ketones is 1. The van der Waals surface area contributed by atoms with E-state index in [1.54, 1.807) is 12.1 Å². The second-order valence-corrected chi connectivity index (χ2v) is 7.30. The molecule has 4 rings (SSSR count). The van der Waals surface area contributed by atoms with Gasteiger partial charge in [-0.2, -0.15) is 0 Å². The van der Waals surface area contributed by atoms with Gasteiger partial charge in [0.2, 0.25) is 0 Å². The molecule has 156 valence electrons. The Morgan fingerprint density at radius 1 is 0.968 bits per heavy atom. The zero-order valence-electron chi connectivity index (χ0n) is 15.7. The van der Waals surface area contributed by atoms with Crippen LogP contribution in [0.25, 0.3) is 5.76 Å². The van der Waals surface area contributed by atoms with E-state index in [0.29, 0.717) is 16.7 Å². The summed E-state index contributed by atoms with van der Waals surface area (Å²) in [7, 11) is 0. The van der Waals surface area contributed by atoms with Crippen molar-refractivity contribution in [2.75, 3.05) is 4.90 Å². The average Bonchev–Trinajstić information content (AvgIpc) is 2.99. The average molecular weight is 442 g/mol. The first-order valence-electron chi connectivity index (χ1n) is 9.09. The van der Waals surface area contributed by atoms with E-state index in [1.807, 2.05) is 0 Å². The third-order valence-electron chi connectivity index (χ3n) is 4.92. The predicted molar refractivity (Wildman–Crippen MR) is 111 cm³/mol. The molecule has 0 aliphatic carbocycles. The number of benzene rings is 3. The topological polar surface area (TPSA) is 77.8 Å². The van der Waals surface area contributed by atoms with Crippen molar-refractivity contribution < 1.29 is 28.6 Å². The third kappa shape index (κ3) is 3.64. The molecule has 0 spiro atoms. The van der Waals surface area contributed by atoms with Crippen molar-refractivity contribution in [3.63, 3.8) is 0 Å². The van der Waals surface area contributed by atoms with Crippen LogP contribution < -0.4 is 4.90 Å². The number of carbonyl (C=O) groups is 2. The van der Waals surface area contributed by atoms with Crippen LogP contribution in [0.15, 0.2) is 72.3 Å². The monoisotopic (exact) mass is 441 g/mol. The number of carbonyl (C=O) groups excluding carboxylic acids is 2. The van der Waals surface area contributed by atoms with Crippen molar-refractivity contribution in [2.24, 2.45) is 0 Å². The molecule has 0 radical (unpaired) electrons. The minimum atomic E-state index is -1.22. The van der Waals surface area contributed by atoms with Gasteiger partial charge >= 0.3 is 0 Å². The molecular formula is C23H14ClF2NO4. The molecule has 2 N–H and O–H groups in total. The van der Waals surface area contributed by atoms with E-state index in [4.69, 9.17) is 11.6 Å². The molecule has 1 heterocycles. The number of amides is 1. The summed E-state index contributed by atoms with van der Waals surface area (Å²) in [6, 6.07) is 13.0. The van der Waals surface area contributed by atoms with Gasteiger partial charge in [0, 0.05) is 16.7 Å². The summed E-state index contributed by atoms with van der Waals surface area (Å²) in [4.78, 5) is 26.7. The Morgan fingerprint density at radius 2 is 1.68 bits per heavy atom. The van der Waals surface area contributed by atoms with E-state index in [2.05, 4.69) is 0 Å². The minimum Gasteiger partial charge on any atom is -0.508 e. The molecule has 1 aliphatic heterocycles. The third-order valence-corrected chi connectivity index (χ3v) is 5.16. The maximum Gasteiger partial charge on any atom is 0.300 e. The smallest absolute Gasteiger partial charge is 0.300 e. The molecule has 31 heavy (non-hydrogen) atoms. The number of phenols is 1. The van der Waals surface area contributed by atoms with Gasteiger partial charge in [-0.25, -0.2) is 8.78 Å². The molecule has 1 unspecified atom stereocenters. The highest BCUT2D eigenvalue weighted by Crippen LogP contribution is 2.43. The van der Waals surface area contributed by atoms with Crippen LogP contribution in [0.1, 0.15) is 17.2 Å². The number of rotatable bonds is 3. The van der Waals surface area contributed by atoms with Gasteiger partial charge in [0.15, 0.2) is 0 Å². The highest BCUT2D eigenvalue weighted by atomic mass is 35.5. The van der Waals surface area contributed by atoms with Crippen LogP contribution in [-0.4, -0.2) is 21.9 Å². The summed E-state index contributed by atoms with van der Waals surface area (Å²) < 4.78 is 28.0. The molecular weight excluding hydrogens is 428 g/mol. The summed E-state index contributed by atoms with van der Waals surface area (Å²) in [6.07, 6.45) is 0. The van der Waals surface area contributed by atoms with Crippen molar-refractivity contribution in [1.82, 2.24) is 0 Å². The second kappa shape index (κ2) is 7.85. The molecule has 1 atom stereocenters. The highest BCUT2D eigenvalue weighted by Gasteiger charge is 2.47. The number of nitrogens with zero attached hydrogens (tertiary/aromatic N) is 1. The van der Waals surface area contributed by atoms with Crippen LogP contribution >= 0.6 is 11.6 Å². The van der Waals surface area contributed by atoms with Gasteiger partial charge in [-0.3, -0.25) is 14.5 Å². The van der Waals surface area contributed by atoms with Gasteiger partial charge in [0.05, 0.1) is 17.3 Å². The van der Waals surface area contributed by atoms with Gasteiger partial charge in [-0.1, -0.05) is 35.9 Å². The Kier molecular flexibility index (Phi) is 5.20. The van der Waals surface area contributed by atoms with Crippen LogP contribution in [0.2, 0.25) is 5.02 Å². The molecule has 1 aliphatic rings. The first kappa shape index (κ1) is 20.6. The van der Waals surface area contributed by atoms with Crippen molar-refractivity contribution >= 4 is 34.7 Å². The number of hydrogen-bond donors (Lipinski definition) is 2. The van der Waals surface area contributed by atoms with E-state index in [0.717, 1.165) is 17.0 Å². The van der Waals surface area contributed by atoms with E-state index in [9.17, 15) is 28.6 Å². The fraction of sp³-hybridized carbons (Fsp3) is 0.0435. The number of hydrogen-bond acceptors (Lipinski definition) is 4. The molecule has 0 aromatic heterocycles. The lowest BCUT2D eigenvalue weighted by Gasteiger charge is -2.25. The number of anilines is 1. The highest BCUT2D eigenvalue weighted by molar-refractivity contribution is 6.51. The standard InChI is InChI=1S/C23H14ClF2NO4/c24-14-3-1-2-13(10-14)21(29)19-20(12-4-7-16(28)8-5-12)27(23(31)22(19)30)18-9-6-15(25)11-17(18)26/h1-11,20,28-29H/b21-19+. The zero-order chi connectivity index (χ0) is 22.3. The molecule has 1 fully saturated rings. The van der Waals surface area contributed by atoms with Crippen LogP contribution in [0, 0.1) is 11.6 Å². The molecule has 1 amide bonds. The van der Waals surface area contributed by atoms with Crippen LogP contribution in [0.4, 0.5) is 14.5 Å². The number of halogens is 3. The molecule has 0 bridgehead atoms. The summed E-state index contributed by atoms with van der Waals surface area (Å²) in [5.74, 6) is -4.59. The second-order valence-electron chi connectivity index (χ2n) is 6.87. The summed E-state index contributed by atoms with van der Waals surface area (Å²) in [5.41, 5.74) is -0.105. The zero-order valence-corrected chi connectivity index (χ0v) is 16.5. The Morgan fingerprint density at radius 3 is 2.32 bits per heavy atom. The Hall–Kier alpha value is -3.71. The van der Waals surface area contributed by atoms with Gasteiger partial charge in [-0.05, 0) is 42.0 Å². The van der Waals surface area contributed by atoms with E-state index >= 15 is 0 Å². The minimum absolute atomic E-state index is 0.0662. The fourth-order valence-electron chi connectivity index (χ4n) is 3.52. The van der Waals surface area contributed by atoms with Gasteiger partial charge < -0.3 is 10.2 Å². The van der Waals surface area contributed by atoms with Crippen LogP contribution in [0.3, 0.4) is 0 Å². The van der Waals surface area contributed by atoms with Gasteiger partial charge in [-0.15, -0.1) is 0 Å². The molecule has 5 nitrogen and oxygen atoms in total. The molecule has 1 saturated heterocycles. The predicted octanol–water partition coefficient (Wildman–Crippen LogP) is 4.95. The SMILES string of the molecule is O=C1C(=O)N(c2ccc(F)cc2F)C(c2ccc(O)cc2)/C1=C(\O)c1cccc(Cl)c1.